The van der Waals surface area contributed by atoms with Crippen molar-refractivity contribution in [3.63, 3.8) is 0 Å². The van der Waals surface area contributed by atoms with Crippen LogP contribution in [0.25, 0.3) is 22.2 Å². The van der Waals surface area contributed by atoms with Crippen molar-refractivity contribution in [1.82, 2.24) is 4.98 Å². The van der Waals surface area contributed by atoms with E-state index in [-0.39, 0.29) is 4.90 Å². The van der Waals surface area contributed by atoms with Gasteiger partial charge in [-0.15, -0.1) is 0 Å². The largest absolute Gasteiger partial charge is 0.353 e. The number of hydrogen-bond donors (Lipinski definition) is 2. The van der Waals surface area contributed by atoms with Gasteiger partial charge in [-0.1, -0.05) is 42.5 Å². The van der Waals surface area contributed by atoms with Gasteiger partial charge in [-0.25, -0.2) is 0 Å². The lowest BCUT2D eigenvalue weighted by atomic mass is 10.1. The van der Waals surface area contributed by atoms with Crippen molar-refractivity contribution >= 4 is 21.0 Å². The fourth-order valence-corrected chi connectivity index (χ4v) is 2.79. The molecule has 0 unspecified atom stereocenters. The van der Waals surface area contributed by atoms with Crippen molar-refractivity contribution < 1.29 is 13.0 Å². The molecule has 0 amide bonds. The van der Waals surface area contributed by atoms with Crippen LogP contribution in [-0.4, -0.2) is 18.0 Å². The highest BCUT2D eigenvalue weighted by atomic mass is 32.2. The summed E-state index contributed by atoms with van der Waals surface area (Å²) in [5.41, 5.74) is 2.19. The first-order valence-corrected chi connectivity index (χ1v) is 7.14. The first-order valence-electron chi connectivity index (χ1n) is 5.70. The summed E-state index contributed by atoms with van der Waals surface area (Å²) in [7, 11) is -4.23. The van der Waals surface area contributed by atoms with Gasteiger partial charge in [0.1, 0.15) is 4.90 Å². The summed E-state index contributed by atoms with van der Waals surface area (Å²) in [5, 5.41) is 0.744. The van der Waals surface area contributed by atoms with E-state index in [1.807, 2.05) is 36.4 Å². The van der Waals surface area contributed by atoms with E-state index in [9.17, 15) is 13.0 Å². The average molecular weight is 273 g/mol. The van der Waals surface area contributed by atoms with Crippen LogP contribution in [-0.2, 0) is 10.1 Å². The van der Waals surface area contributed by atoms with Gasteiger partial charge in [0.05, 0.1) is 5.52 Å². The van der Waals surface area contributed by atoms with Crippen LogP contribution in [0, 0.1) is 0 Å². The summed E-state index contributed by atoms with van der Waals surface area (Å²) in [6.45, 7) is 0. The number of rotatable bonds is 2. The maximum atomic E-state index is 11.3. The highest BCUT2D eigenvalue weighted by Gasteiger charge is 2.15. The summed E-state index contributed by atoms with van der Waals surface area (Å²) in [5.74, 6) is 0. The molecular formula is C14H11NO3S. The molecule has 0 bridgehead atoms. The highest BCUT2D eigenvalue weighted by molar-refractivity contribution is 7.86. The van der Waals surface area contributed by atoms with Gasteiger partial charge < -0.3 is 4.98 Å². The number of benzene rings is 2. The standard InChI is InChI=1S/C14H11NO3S/c16-19(17,18)13-8-4-7-11-9-12(15-14(11)13)10-5-2-1-3-6-10/h1-9,15H,(H,16,17,18). The van der Waals surface area contributed by atoms with E-state index in [4.69, 9.17) is 0 Å². The minimum atomic E-state index is -4.23. The minimum absolute atomic E-state index is 0.104. The third-order valence-corrected chi connectivity index (χ3v) is 3.88. The molecule has 1 aromatic heterocycles. The minimum Gasteiger partial charge on any atom is -0.353 e. The first kappa shape index (κ1) is 12.0. The molecule has 0 saturated carbocycles. The second kappa shape index (κ2) is 4.22. The summed E-state index contributed by atoms with van der Waals surface area (Å²) < 4.78 is 31.9. The molecule has 0 fully saturated rings. The predicted octanol–water partition coefficient (Wildman–Crippen LogP) is 3.08. The Morgan fingerprint density at radius 3 is 2.37 bits per heavy atom. The van der Waals surface area contributed by atoms with Gasteiger partial charge >= 0.3 is 0 Å². The van der Waals surface area contributed by atoms with E-state index in [0.717, 1.165) is 16.6 Å². The molecule has 0 radical (unpaired) electrons. The molecule has 0 aliphatic carbocycles. The van der Waals surface area contributed by atoms with E-state index in [2.05, 4.69) is 4.98 Å². The molecule has 3 rings (SSSR count). The van der Waals surface area contributed by atoms with Gasteiger partial charge in [-0.2, -0.15) is 8.42 Å². The molecule has 0 atom stereocenters. The van der Waals surface area contributed by atoms with Crippen LogP contribution in [0.2, 0.25) is 0 Å². The Morgan fingerprint density at radius 2 is 1.68 bits per heavy atom. The number of aromatic nitrogens is 1. The molecule has 0 aliphatic rings. The van der Waals surface area contributed by atoms with Crippen molar-refractivity contribution in [2.45, 2.75) is 4.90 Å². The molecule has 2 aromatic carbocycles. The van der Waals surface area contributed by atoms with Gasteiger partial charge in [0.25, 0.3) is 10.1 Å². The Bertz CT molecular complexity index is 836. The highest BCUT2D eigenvalue weighted by Crippen LogP contribution is 2.28. The van der Waals surface area contributed by atoms with E-state index < -0.39 is 10.1 Å². The zero-order valence-electron chi connectivity index (χ0n) is 9.87. The van der Waals surface area contributed by atoms with Gasteiger partial charge in [0.2, 0.25) is 0 Å². The summed E-state index contributed by atoms with van der Waals surface area (Å²) in [6.07, 6.45) is 0. The molecule has 96 valence electrons. The molecule has 0 aliphatic heterocycles. The molecule has 5 heteroatoms. The quantitative estimate of drug-likeness (QED) is 0.705. The molecular weight excluding hydrogens is 262 g/mol. The molecule has 2 N–H and O–H groups in total. The lowest BCUT2D eigenvalue weighted by Crippen LogP contribution is -1.98. The average Bonchev–Trinajstić information content (AvgIpc) is 2.82. The Morgan fingerprint density at radius 1 is 0.947 bits per heavy atom. The SMILES string of the molecule is O=S(=O)(O)c1cccc2cc(-c3ccccc3)[nH]c12. The zero-order chi connectivity index (χ0) is 13.5. The molecule has 3 aromatic rings. The van der Waals surface area contributed by atoms with Gasteiger partial charge in [0.15, 0.2) is 0 Å². The summed E-state index contributed by atoms with van der Waals surface area (Å²) in [4.78, 5) is 2.94. The van der Waals surface area contributed by atoms with Crippen molar-refractivity contribution in [1.29, 1.82) is 0 Å². The number of nitrogens with one attached hydrogen (secondary N) is 1. The van der Waals surface area contributed by atoms with Crippen LogP contribution < -0.4 is 0 Å². The molecule has 4 nitrogen and oxygen atoms in total. The summed E-state index contributed by atoms with van der Waals surface area (Å²) >= 11 is 0. The number of fused-ring (bicyclic) bond motifs is 1. The Hall–Kier alpha value is -2.11. The lowest BCUT2D eigenvalue weighted by molar-refractivity contribution is 0.484. The second-order valence-electron chi connectivity index (χ2n) is 4.24. The van der Waals surface area contributed by atoms with Crippen LogP contribution in [0.1, 0.15) is 0 Å². The summed E-state index contributed by atoms with van der Waals surface area (Å²) in [6, 6.07) is 16.2. The van der Waals surface area contributed by atoms with E-state index in [1.54, 1.807) is 12.1 Å². The Labute approximate surface area is 110 Å². The molecule has 1 heterocycles. The third kappa shape index (κ3) is 2.14. The third-order valence-electron chi connectivity index (χ3n) is 2.98. The van der Waals surface area contributed by atoms with E-state index in [1.165, 1.54) is 6.07 Å². The number of para-hydroxylation sites is 1. The Balaban J connectivity index is 2.28. The maximum Gasteiger partial charge on any atom is 0.296 e. The van der Waals surface area contributed by atoms with Gasteiger partial charge in [-0.3, -0.25) is 4.55 Å². The van der Waals surface area contributed by atoms with Crippen molar-refractivity contribution in [3.05, 3.63) is 54.6 Å². The number of hydrogen-bond acceptors (Lipinski definition) is 2. The predicted molar refractivity (Wildman–Crippen MR) is 73.5 cm³/mol. The van der Waals surface area contributed by atoms with Crippen LogP contribution in [0.5, 0.6) is 0 Å². The number of aromatic amines is 1. The molecule has 19 heavy (non-hydrogen) atoms. The van der Waals surface area contributed by atoms with Crippen molar-refractivity contribution in [3.8, 4) is 11.3 Å². The van der Waals surface area contributed by atoms with Crippen LogP contribution >= 0.6 is 0 Å². The van der Waals surface area contributed by atoms with Gasteiger partial charge in [0, 0.05) is 11.1 Å². The smallest absolute Gasteiger partial charge is 0.296 e. The fraction of sp³-hybridized carbons (Fsp3) is 0. The molecule has 0 spiro atoms. The molecule has 0 saturated heterocycles. The van der Waals surface area contributed by atoms with Crippen molar-refractivity contribution in [2.75, 3.05) is 0 Å². The first-order chi connectivity index (χ1) is 9.05. The maximum absolute atomic E-state index is 11.3. The Kier molecular flexibility index (Phi) is 2.66. The van der Waals surface area contributed by atoms with Crippen LogP contribution in [0.4, 0.5) is 0 Å². The van der Waals surface area contributed by atoms with Gasteiger partial charge in [-0.05, 0) is 17.7 Å². The van der Waals surface area contributed by atoms with Crippen LogP contribution in [0.15, 0.2) is 59.5 Å². The fourth-order valence-electron chi connectivity index (χ4n) is 2.12. The normalized spacial score (nSPS) is 11.8. The van der Waals surface area contributed by atoms with Crippen molar-refractivity contribution in [2.24, 2.45) is 0 Å². The van der Waals surface area contributed by atoms with Crippen LogP contribution in [0.3, 0.4) is 0 Å². The second-order valence-corrected chi connectivity index (χ2v) is 5.63. The van der Waals surface area contributed by atoms with E-state index >= 15 is 0 Å². The number of H-pyrrole nitrogens is 1. The lowest BCUT2D eigenvalue weighted by Gasteiger charge is -1.99. The van der Waals surface area contributed by atoms with E-state index in [0.29, 0.717) is 5.52 Å². The monoisotopic (exact) mass is 273 g/mol. The topological polar surface area (TPSA) is 70.2 Å². The zero-order valence-corrected chi connectivity index (χ0v) is 10.7.